The molecule has 0 unspecified atom stereocenters. The molecule has 3 rings (SSSR count). The standard InChI is InChI=1S/C16H18N4OS/c1-16(2,3)14-12(8-18-20-14)7-17-15(21)10-4-5-11-9-19-22-13(11)6-10/h4-6,8-9H,7H2,1-3H3,(H,17,21)(H,18,20). The fourth-order valence-corrected chi connectivity index (χ4v) is 3.06. The Labute approximate surface area is 132 Å². The molecule has 0 atom stereocenters. The second-order valence-corrected chi connectivity index (χ2v) is 7.11. The van der Waals surface area contributed by atoms with Crippen LogP contribution in [0.25, 0.3) is 10.1 Å². The molecule has 0 fully saturated rings. The van der Waals surface area contributed by atoms with Gasteiger partial charge in [-0.25, -0.2) is 0 Å². The molecule has 0 aliphatic carbocycles. The molecule has 0 radical (unpaired) electrons. The lowest BCUT2D eigenvalue weighted by Crippen LogP contribution is -2.24. The quantitative estimate of drug-likeness (QED) is 0.779. The zero-order valence-corrected chi connectivity index (χ0v) is 13.6. The van der Waals surface area contributed by atoms with Gasteiger partial charge in [-0.3, -0.25) is 9.89 Å². The van der Waals surface area contributed by atoms with Crippen molar-refractivity contribution in [3.05, 3.63) is 47.4 Å². The van der Waals surface area contributed by atoms with Gasteiger partial charge in [-0.1, -0.05) is 26.8 Å². The summed E-state index contributed by atoms with van der Waals surface area (Å²) in [5, 5.41) is 11.1. The summed E-state index contributed by atoms with van der Waals surface area (Å²) in [7, 11) is 0. The maximum Gasteiger partial charge on any atom is 0.251 e. The molecule has 0 spiro atoms. The average Bonchev–Trinajstić information content (AvgIpc) is 3.11. The highest BCUT2D eigenvalue weighted by Gasteiger charge is 2.20. The van der Waals surface area contributed by atoms with Gasteiger partial charge in [0.25, 0.3) is 5.91 Å². The van der Waals surface area contributed by atoms with Crippen LogP contribution < -0.4 is 5.32 Å². The van der Waals surface area contributed by atoms with E-state index in [1.165, 1.54) is 11.5 Å². The van der Waals surface area contributed by atoms with E-state index in [0.29, 0.717) is 12.1 Å². The smallest absolute Gasteiger partial charge is 0.251 e. The van der Waals surface area contributed by atoms with Crippen LogP contribution in [0.3, 0.4) is 0 Å². The topological polar surface area (TPSA) is 70.7 Å². The van der Waals surface area contributed by atoms with Crippen molar-refractivity contribution in [2.75, 3.05) is 0 Å². The SMILES string of the molecule is CC(C)(C)c1[nH]ncc1CNC(=O)c1ccc2cnsc2c1. The number of hydrogen-bond donors (Lipinski definition) is 2. The number of aromatic amines is 1. The maximum absolute atomic E-state index is 12.3. The molecular weight excluding hydrogens is 296 g/mol. The van der Waals surface area contributed by atoms with E-state index in [4.69, 9.17) is 0 Å². The number of nitrogens with zero attached hydrogens (tertiary/aromatic N) is 2. The fraction of sp³-hybridized carbons (Fsp3) is 0.312. The molecule has 0 bridgehead atoms. The highest BCUT2D eigenvalue weighted by Crippen LogP contribution is 2.23. The van der Waals surface area contributed by atoms with Crippen LogP contribution in [-0.2, 0) is 12.0 Å². The summed E-state index contributed by atoms with van der Waals surface area (Å²) in [4.78, 5) is 12.3. The summed E-state index contributed by atoms with van der Waals surface area (Å²) in [6.45, 7) is 6.80. The first-order valence-electron chi connectivity index (χ1n) is 7.10. The molecule has 2 N–H and O–H groups in total. The Hall–Kier alpha value is -2.21. The first kappa shape index (κ1) is 14.7. The van der Waals surface area contributed by atoms with Gasteiger partial charge in [0.2, 0.25) is 0 Å². The van der Waals surface area contributed by atoms with Crippen LogP contribution in [0, 0.1) is 0 Å². The summed E-state index contributed by atoms with van der Waals surface area (Å²) >= 11 is 1.40. The summed E-state index contributed by atoms with van der Waals surface area (Å²) in [5.74, 6) is -0.0867. The van der Waals surface area contributed by atoms with Gasteiger partial charge < -0.3 is 5.32 Å². The van der Waals surface area contributed by atoms with Gasteiger partial charge in [0.1, 0.15) is 0 Å². The molecule has 0 saturated carbocycles. The number of rotatable bonds is 3. The van der Waals surface area contributed by atoms with E-state index in [-0.39, 0.29) is 11.3 Å². The van der Waals surface area contributed by atoms with E-state index >= 15 is 0 Å². The highest BCUT2D eigenvalue weighted by atomic mass is 32.1. The third-order valence-electron chi connectivity index (χ3n) is 3.53. The number of carbonyl (C=O) groups is 1. The molecular formula is C16H18N4OS. The van der Waals surface area contributed by atoms with Crippen molar-refractivity contribution < 1.29 is 4.79 Å². The molecule has 1 amide bonds. The summed E-state index contributed by atoms with van der Waals surface area (Å²) in [5.41, 5.74) is 2.68. The largest absolute Gasteiger partial charge is 0.348 e. The third-order valence-corrected chi connectivity index (χ3v) is 4.29. The van der Waals surface area contributed by atoms with Gasteiger partial charge in [-0.15, -0.1) is 0 Å². The zero-order valence-electron chi connectivity index (χ0n) is 12.8. The van der Waals surface area contributed by atoms with Crippen molar-refractivity contribution in [1.82, 2.24) is 19.9 Å². The van der Waals surface area contributed by atoms with E-state index in [1.54, 1.807) is 6.20 Å². The van der Waals surface area contributed by atoms with Crippen LogP contribution in [0.4, 0.5) is 0 Å². The molecule has 3 aromatic rings. The van der Waals surface area contributed by atoms with Crippen LogP contribution in [0.1, 0.15) is 42.4 Å². The predicted molar refractivity (Wildman–Crippen MR) is 88.1 cm³/mol. The lowest BCUT2D eigenvalue weighted by molar-refractivity contribution is 0.0951. The minimum absolute atomic E-state index is 0.0297. The number of H-pyrrole nitrogens is 1. The Kier molecular flexibility index (Phi) is 3.70. The molecule has 2 aromatic heterocycles. The minimum Gasteiger partial charge on any atom is -0.348 e. The van der Waals surface area contributed by atoms with E-state index in [1.807, 2.05) is 24.4 Å². The highest BCUT2D eigenvalue weighted by molar-refractivity contribution is 7.13. The first-order chi connectivity index (χ1) is 10.4. The lowest BCUT2D eigenvalue weighted by atomic mass is 9.89. The van der Waals surface area contributed by atoms with Crippen LogP contribution in [0.15, 0.2) is 30.6 Å². The maximum atomic E-state index is 12.3. The number of fused-ring (bicyclic) bond motifs is 1. The molecule has 5 nitrogen and oxygen atoms in total. The Bertz CT molecular complexity index is 813. The monoisotopic (exact) mass is 314 g/mol. The van der Waals surface area contributed by atoms with Gasteiger partial charge in [0.05, 0.1) is 10.9 Å². The van der Waals surface area contributed by atoms with Gasteiger partial charge in [-0.05, 0) is 23.7 Å². The number of amides is 1. The molecule has 2 heterocycles. The van der Waals surface area contributed by atoms with Crippen LogP contribution in [0.5, 0.6) is 0 Å². The van der Waals surface area contributed by atoms with Crippen LogP contribution in [-0.4, -0.2) is 20.5 Å². The first-order valence-corrected chi connectivity index (χ1v) is 7.88. The predicted octanol–water partition coefficient (Wildman–Crippen LogP) is 3.25. The number of benzene rings is 1. The van der Waals surface area contributed by atoms with Gasteiger partial charge in [0.15, 0.2) is 0 Å². The molecule has 6 heteroatoms. The van der Waals surface area contributed by atoms with E-state index in [0.717, 1.165) is 21.3 Å². The lowest BCUT2D eigenvalue weighted by Gasteiger charge is -2.18. The molecule has 0 saturated heterocycles. The second kappa shape index (κ2) is 5.53. The Morgan fingerprint density at radius 1 is 1.32 bits per heavy atom. The zero-order chi connectivity index (χ0) is 15.7. The van der Waals surface area contributed by atoms with E-state index < -0.39 is 0 Å². The normalized spacial score (nSPS) is 11.8. The summed E-state index contributed by atoms with van der Waals surface area (Å²) in [6.07, 6.45) is 3.58. The van der Waals surface area contributed by atoms with Crippen LogP contribution in [0.2, 0.25) is 0 Å². The average molecular weight is 314 g/mol. The molecule has 1 aromatic carbocycles. The number of hydrogen-bond acceptors (Lipinski definition) is 4. The van der Waals surface area contributed by atoms with E-state index in [2.05, 4.69) is 40.7 Å². The Morgan fingerprint density at radius 2 is 2.14 bits per heavy atom. The minimum atomic E-state index is -0.0867. The number of nitrogens with one attached hydrogen (secondary N) is 2. The van der Waals surface area contributed by atoms with Gasteiger partial charge >= 0.3 is 0 Å². The van der Waals surface area contributed by atoms with E-state index in [9.17, 15) is 4.79 Å². The van der Waals surface area contributed by atoms with Crippen molar-refractivity contribution in [3.63, 3.8) is 0 Å². The Morgan fingerprint density at radius 3 is 2.91 bits per heavy atom. The number of carbonyl (C=O) groups excluding carboxylic acids is 1. The molecule has 114 valence electrons. The Balaban J connectivity index is 1.74. The number of aromatic nitrogens is 3. The van der Waals surface area contributed by atoms with Crippen LogP contribution >= 0.6 is 11.5 Å². The summed E-state index contributed by atoms with van der Waals surface area (Å²) < 4.78 is 5.14. The van der Waals surface area contributed by atoms with Crippen molar-refractivity contribution in [2.24, 2.45) is 0 Å². The van der Waals surface area contributed by atoms with Crippen molar-refractivity contribution in [2.45, 2.75) is 32.7 Å². The van der Waals surface area contributed by atoms with Crippen molar-refractivity contribution in [1.29, 1.82) is 0 Å². The van der Waals surface area contributed by atoms with Crippen molar-refractivity contribution in [3.8, 4) is 0 Å². The van der Waals surface area contributed by atoms with Gasteiger partial charge in [-0.2, -0.15) is 9.47 Å². The fourth-order valence-electron chi connectivity index (χ4n) is 2.37. The molecule has 0 aliphatic heterocycles. The second-order valence-electron chi connectivity index (χ2n) is 6.28. The summed E-state index contributed by atoms with van der Waals surface area (Å²) in [6, 6.07) is 5.63. The van der Waals surface area contributed by atoms with Gasteiger partial charge in [0, 0.05) is 40.4 Å². The molecule has 22 heavy (non-hydrogen) atoms. The van der Waals surface area contributed by atoms with Crippen molar-refractivity contribution >= 4 is 27.5 Å². The molecule has 0 aliphatic rings. The third kappa shape index (κ3) is 2.87.